The monoisotopic (exact) mass is 264 g/mol. The fraction of sp³-hybridized carbons (Fsp3) is 0.250. The van der Waals surface area contributed by atoms with Crippen molar-refractivity contribution >= 4 is 5.52 Å². The summed E-state index contributed by atoms with van der Waals surface area (Å²) in [5.74, 6) is 0.982. The lowest BCUT2D eigenvalue weighted by Gasteiger charge is -2.20. The van der Waals surface area contributed by atoms with Crippen molar-refractivity contribution in [3.8, 4) is 11.5 Å². The van der Waals surface area contributed by atoms with Crippen molar-refractivity contribution in [2.45, 2.75) is 25.3 Å². The largest absolute Gasteiger partial charge is 0.323 e. The highest BCUT2D eigenvalue weighted by Crippen LogP contribution is 2.28. The van der Waals surface area contributed by atoms with Crippen LogP contribution in [0.2, 0.25) is 0 Å². The van der Waals surface area contributed by atoms with Gasteiger partial charge in [0.1, 0.15) is 5.69 Å². The molecule has 0 spiro atoms. The third kappa shape index (κ3) is 1.76. The number of allylic oxidation sites excluding steroid dienone is 2. The Morgan fingerprint density at radius 3 is 3.05 bits per heavy atom. The molecule has 0 saturated heterocycles. The molecule has 0 aliphatic heterocycles. The van der Waals surface area contributed by atoms with E-state index < -0.39 is 0 Å². The van der Waals surface area contributed by atoms with Gasteiger partial charge in [-0.1, -0.05) is 18.2 Å². The minimum atomic E-state index is 0.409. The van der Waals surface area contributed by atoms with Gasteiger partial charge in [-0.2, -0.15) is 5.10 Å². The van der Waals surface area contributed by atoms with Gasteiger partial charge < -0.3 is 4.57 Å². The standard InChI is InChI=1S/C16H16N4/c1-2-5-13(6-3-1)19-12-11-17-16(19)15-8-4-7-14-9-10-18-20(14)15/h2,4-5,7-13H,1,3,6H2. The van der Waals surface area contributed by atoms with E-state index in [0.29, 0.717) is 6.04 Å². The maximum Gasteiger partial charge on any atom is 0.159 e. The number of rotatable bonds is 2. The predicted molar refractivity (Wildman–Crippen MR) is 78.4 cm³/mol. The van der Waals surface area contributed by atoms with Crippen LogP contribution in [-0.4, -0.2) is 19.2 Å². The number of hydrogen-bond donors (Lipinski definition) is 0. The summed E-state index contributed by atoms with van der Waals surface area (Å²) in [7, 11) is 0. The van der Waals surface area contributed by atoms with Gasteiger partial charge in [0.05, 0.1) is 17.8 Å². The van der Waals surface area contributed by atoms with Crippen molar-refractivity contribution in [3.05, 3.63) is 55.0 Å². The lowest BCUT2D eigenvalue weighted by Crippen LogP contribution is -2.11. The first kappa shape index (κ1) is 11.5. The van der Waals surface area contributed by atoms with E-state index in [2.05, 4.69) is 51.2 Å². The summed E-state index contributed by atoms with van der Waals surface area (Å²) in [6, 6.07) is 8.61. The van der Waals surface area contributed by atoms with Crippen LogP contribution in [0.5, 0.6) is 0 Å². The molecule has 3 heterocycles. The number of imidazole rings is 1. The minimum Gasteiger partial charge on any atom is -0.323 e. The maximum atomic E-state index is 4.56. The Hall–Kier alpha value is -2.36. The fourth-order valence-electron chi connectivity index (χ4n) is 2.92. The van der Waals surface area contributed by atoms with Crippen LogP contribution in [0, 0.1) is 0 Å². The average molecular weight is 264 g/mol. The van der Waals surface area contributed by atoms with Gasteiger partial charge in [0.2, 0.25) is 0 Å². The molecule has 3 aromatic rings. The van der Waals surface area contributed by atoms with Crippen molar-refractivity contribution < 1.29 is 0 Å². The highest BCUT2D eigenvalue weighted by atomic mass is 15.2. The van der Waals surface area contributed by atoms with Gasteiger partial charge in [-0.3, -0.25) is 0 Å². The number of pyridine rings is 1. The fourth-order valence-corrected chi connectivity index (χ4v) is 2.92. The third-order valence-electron chi connectivity index (χ3n) is 3.91. The van der Waals surface area contributed by atoms with Crippen LogP contribution in [-0.2, 0) is 0 Å². The third-order valence-corrected chi connectivity index (χ3v) is 3.91. The molecule has 1 unspecified atom stereocenters. The van der Waals surface area contributed by atoms with E-state index in [9.17, 15) is 0 Å². The first-order valence-corrected chi connectivity index (χ1v) is 7.06. The van der Waals surface area contributed by atoms with Crippen LogP contribution in [0.25, 0.3) is 17.0 Å². The van der Waals surface area contributed by atoms with Crippen LogP contribution in [0.15, 0.2) is 55.0 Å². The molecule has 0 saturated carbocycles. The summed E-state index contributed by atoms with van der Waals surface area (Å²) in [6.07, 6.45) is 13.9. The zero-order valence-corrected chi connectivity index (χ0v) is 11.2. The van der Waals surface area contributed by atoms with Crippen LogP contribution >= 0.6 is 0 Å². The molecular formula is C16H16N4. The zero-order valence-electron chi connectivity index (χ0n) is 11.2. The summed E-state index contributed by atoms with van der Waals surface area (Å²) in [6.45, 7) is 0. The highest BCUT2D eigenvalue weighted by molar-refractivity contribution is 5.59. The van der Waals surface area contributed by atoms with Crippen molar-refractivity contribution in [2.75, 3.05) is 0 Å². The Balaban J connectivity index is 1.87. The second kappa shape index (κ2) is 4.63. The Kier molecular flexibility index (Phi) is 2.66. The zero-order chi connectivity index (χ0) is 13.4. The van der Waals surface area contributed by atoms with E-state index in [-0.39, 0.29) is 0 Å². The van der Waals surface area contributed by atoms with Crippen molar-refractivity contribution in [1.29, 1.82) is 0 Å². The average Bonchev–Trinajstić information content (AvgIpc) is 3.16. The topological polar surface area (TPSA) is 35.1 Å². The molecule has 4 nitrogen and oxygen atoms in total. The molecule has 4 rings (SSSR count). The molecule has 20 heavy (non-hydrogen) atoms. The maximum absolute atomic E-state index is 4.56. The van der Waals surface area contributed by atoms with Gasteiger partial charge in [0.25, 0.3) is 0 Å². The number of aromatic nitrogens is 4. The Bertz CT molecular complexity index is 765. The molecule has 1 aliphatic carbocycles. The van der Waals surface area contributed by atoms with Gasteiger partial charge in [0, 0.05) is 12.4 Å². The van der Waals surface area contributed by atoms with Crippen LogP contribution in [0.3, 0.4) is 0 Å². The molecule has 0 fully saturated rings. The summed E-state index contributed by atoms with van der Waals surface area (Å²) >= 11 is 0. The molecular weight excluding hydrogens is 248 g/mol. The molecule has 3 aromatic heterocycles. The van der Waals surface area contributed by atoms with E-state index >= 15 is 0 Å². The summed E-state index contributed by atoms with van der Waals surface area (Å²) < 4.78 is 4.21. The molecule has 1 atom stereocenters. The summed E-state index contributed by atoms with van der Waals surface area (Å²) in [5.41, 5.74) is 2.13. The lowest BCUT2D eigenvalue weighted by molar-refractivity contribution is 0.520. The molecule has 1 aliphatic rings. The van der Waals surface area contributed by atoms with E-state index in [1.165, 1.54) is 19.3 Å². The van der Waals surface area contributed by atoms with Crippen LogP contribution in [0.1, 0.15) is 25.3 Å². The van der Waals surface area contributed by atoms with Crippen molar-refractivity contribution in [1.82, 2.24) is 19.2 Å². The second-order valence-electron chi connectivity index (χ2n) is 5.16. The first-order valence-electron chi connectivity index (χ1n) is 7.06. The quantitative estimate of drug-likeness (QED) is 0.664. The van der Waals surface area contributed by atoms with E-state index in [1.54, 1.807) is 0 Å². The molecule has 100 valence electrons. The van der Waals surface area contributed by atoms with Gasteiger partial charge >= 0.3 is 0 Å². The first-order chi connectivity index (χ1) is 9.93. The highest BCUT2D eigenvalue weighted by Gasteiger charge is 2.16. The van der Waals surface area contributed by atoms with Gasteiger partial charge in [-0.05, 0) is 37.5 Å². The SMILES string of the molecule is C1=CC(n2ccnc2-c2cccc3ccnn23)CCC1. The van der Waals surface area contributed by atoms with Gasteiger partial charge in [0.15, 0.2) is 5.82 Å². The van der Waals surface area contributed by atoms with Crippen molar-refractivity contribution in [3.63, 3.8) is 0 Å². The van der Waals surface area contributed by atoms with Crippen LogP contribution < -0.4 is 0 Å². The Morgan fingerprint density at radius 1 is 1.15 bits per heavy atom. The second-order valence-corrected chi connectivity index (χ2v) is 5.16. The van der Waals surface area contributed by atoms with E-state index in [1.807, 2.05) is 23.0 Å². The van der Waals surface area contributed by atoms with Crippen LogP contribution in [0.4, 0.5) is 0 Å². The Morgan fingerprint density at radius 2 is 2.15 bits per heavy atom. The number of nitrogens with zero attached hydrogens (tertiary/aromatic N) is 4. The molecule has 0 N–H and O–H groups in total. The Labute approximate surface area is 117 Å². The molecule has 0 amide bonds. The molecule has 4 heteroatoms. The van der Waals surface area contributed by atoms with E-state index in [0.717, 1.165) is 17.0 Å². The van der Waals surface area contributed by atoms with Crippen molar-refractivity contribution in [2.24, 2.45) is 0 Å². The minimum absolute atomic E-state index is 0.409. The number of hydrogen-bond acceptors (Lipinski definition) is 2. The number of fused-ring (bicyclic) bond motifs is 1. The summed E-state index contributed by atoms with van der Waals surface area (Å²) in [4.78, 5) is 4.56. The summed E-state index contributed by atoms with van der Waals surface area (Å²) in [5, 5.41) is 4.41. The molecule has 0 aromatic carbocycles. The van der Waals surface area contributed by atoms with Gasteiger partial charge in [-0.25, -0.2) is 9.50 Å². The predicted octanol–water partition coefficient (Wildman–Crippen LogP) is 3.48. The van der Waals surface area contributed by atoms with E-state index in [4.69, 9.17) is 0 Å². The molecule has 0 radical (unpaired) electrons. The molecule has 0 bridgehead atoms. The smallest absolute Gasteiger partial charge is 0.159 e. The normalized spacial score (nSPS) is 18.7. The lowest BCUT2D eigenvalue weighted by atomic mass is 10.0. The van der Waals surface area contributed by atoms with Gasteiger partial charge in [-0.15, -0.1) is 0 Å².